The van der Waals surface area contributed by atoms with E-state index in [1.807, 2.05) is 91.0 Å². The lowest BCUT2D eigenvalue weighted by Crippen LogP contribution is -2.41. The van der Waals surface area contributed by atoms with E-state index in [0.717, 1.165) is 27.5 Å². The van der Waals surface area contributed by atoms with Crippen molar-refractivity contribution in [2.75, 3.05) is 12.9 Å². The molecule has 5 rings (SSSR count). The van der Waals surface area contributed by atoms with Crippen LogP contribution in [-0.2, 0) is 29.4 Å². The first-order valence-electron chi connectivity index (χ1n) is 12.9. The third-order valence-corrected chi connectivity index (χ3v) is 7.55. The van der Waals surface area contributed by atoms with Crippen molar-refractivity contribution in [1.29, 1.82) is 0 Å². The van der Waals surface area contributed by atoms with Gasteiger partial charge in [0.2, 0.25) is 0 Å². The number of hydrogen-bond acceptors (Lipinski definition) is 7. The Morgan fingerprint density at radius 3 is 1.85 bits per heavy atom. The van der Waals surface area contributed by atoms with Crippen LogP contribution in [0.15, 0.2) is 107 Å². The van der Waals surface area contributed by atoms with Crippen molar-refractivity contribution in [3.05, 3.63) is 140 Å². The minimum absolute atomic E-state index is 0.150. The summed E-state index contributed by atoms with van der Waals surface area (Å²) >= 11 is 0. The number of hydrogen-bond donors (Lipinski definition) is 1. The summed E-state index contributed by atoms with van der Waals surface area (Å²) in [5.41, 5.74) is -0.248. The Bertz CT molecular complexity index is 1610. The Hall–Kier alpha value is -3.90. The molecule has 0 bridgehead atoms. The minimum atomic E-state index is -4.14. The zero-order valence-corrected chi connectivity index (χ0v) is 23.2. The molecular formula is C30H29FN2O7S. The van der Waals surface area contributed by atoms with Crippen LogP contribution in [0.25, 0.3) is 0 Å². The normalized spacial score (nSPS) is 21.1. The standard InChI is InChI=1S/C30H29FN2O7S/c1-20-18-33(29(35)32-27(20)34)28-25(31)26(40-41(2,36)37)24(39-28)19-38-30(21-12-6-3-7-13-21,22-14-8-4-9-15-22)23-16-10-5-11-17-23/h3-18,24-26,28H,19H2,1-2H3,(H,32,34,35)/t24-,25-,26-,28-/m1/s1. The minimum Gasteiger partial charge on any atom is -0.358 e. The summed E-state index contributed by atoms with van der Waals surface area (Å²) < 4.78 is 58.9. The SMILES string of the molecule is Cc1cn([C@@H]2O[C@H](COC(c3ccccc3)(c3ccccc3)c3ccccc3)[C@@H](OS(C)(=O)=O)[C@H]2F)c(=O)[nH]c1=O. The maximum absolute atomic E-state index is 15.9. The van der Waals surface area contributed by atoms with Crippen molar-refractivity contribution in [3.63, 3.8) is 0 Å². The molecule has 0 radical (unpaired) electrons. The lowest BCUT2D eigenvalue weighted by molar-refractivity contribution is -0.0922. The Kier molecular flexibility index (Phi) is 8.05. The first kappa shape index (κ1) is 28.6. The van der Waals surface area contributed by atoms with Crippen LogP contribution >= 0.6 is 0 Å². The average molecular weight is 581 g/mol. The van der Waals surface area contributed by atoms with E-state index in [2.05, 4.69) is 4.98 Å². The van der Waals surface area contributed by atoms with Crippen LogP contribution in [0.3, 0.4) is 0 Å². The van der Waals surface area contributed by atoms with Gasteiger partial charge in [-0.15, -0.1) is 0 Å². The number of nitrogens with one attached hydrogen (secondary N) is 1. The zero-order chi connectivity index (χ0) is 29.2. The molecule has 1 saturated heterocycles. The first-order chi connectivity index (χ1) is 19.6. The molecule has 11 heteroatoms. The van der Waals surface area contributed by atoms with Crippen LogP contribution in [0.2, 0.25) is 0 Å². The van der Waals surface area contributed by atoms with Gasteiger partial charge in [0.25, 0.3) is 15.7 Å². The number of alkyl halides is 1. The molecule has 0 unspecified atom stereocenters. The highest BCUT2D eigenvalue weighted by molar-refractivity contribution is 7.86. The molecule has 4 atom stereocenters. The molecule has 214 valence electrons. The van der Waals surface area contributed by atoms with Crippen molar-refractivity contribution < 1.29 is 26.5 Å². The number of H-pyrrole nitrogens is 1. The molecule has 9 nitrogen and oxygen atoms in total. The molecule has 1 fully saturated rings. The maximum Gasteiger partial charge on any atom is 0.330 e. The lowest BCUT2D eigenvalue weighted by Gasteiger charge is -2.37. The quantitative estimate of drug-likeness (QED) is 0.238. The summed E-state index contributed by atoms with van der Waals surface area (Å²) in [6, 6.07) is 28.3. The summed E-state index contributed by atoms with van der Waals surface area (Å²) in [6.45, 7) is 1.14. The third kappa shape index (κ3) is 5.80. The van der Waals surface area contributed by atoms with Gasteiger partial charge in [-0.2, -0.15) is 8.42 Å². The summed E-state index contributed by atoms with van der Waals surface area (Å²) in [5, 5.41) is 0. The van der Waals surface area contributed by atoms with Crippen molar-refractivity contribution in [3.8, 4) is 0 Å². The Balaban J connectivity index is 1.59. The van der Waals surface area contributed by atoms with E-state index >= 15 is 4.39 Å². The number of benzene rings is 3. The van der Waals surface area contributed by atoms with Crippen LogP contribution in [0, 0.1) is 6.92 Å². The predicted octanol–water partition coefficient (Wildman–Crippen LogP) is 3.43. The van der Waals surface area contributed by atoms with Gasteiger partial charge in [-0.1, -0.05) is 91.0 Å². The lowest BCUT2D eigenvalue weighted by atomic mass is 9.80. The fraction of sp³-hybridized carbons (Fsp3) is 0.267. The van der Waals surface area contributed by atoms with E-state index in [1.54, 1.807) is 0 Å². The number of ether oxygens (including phenoxy) is 2. The van der Waals surface area contributed by atoms with Crippen molar-refractivity contribution in [2.24, 2.45) is 0 Å². The summed E-state index contributed by atoms with van der Waals surface area (Å²) in [6.07, 6.45) is -4.56. The summed E-state index contributed by atoms with van der Waals surface area (Å²) in [7, 11) is -4.14. The van der Waals surface area contributed by atoms with Gasteiger partial charge in [-0.3, -0.25) is 18.5 Å². The highest BCUT2D eigenvalue weighted by atomic mass is 32.2. The zero-order valence-electron chi connectivity index (χ0n) is 22.3. The second-order valence-electron chi connectivity index (χ2n) is 9.84. The number of rotatable bonds is 9. The maximum atomic E-state index is 15.9. The molecule has 1 aromatic heterocycles. The molecule has 1 N–H and O–H groups in total. The number of aromatic nitrogens is 2. The van der Waals surface area contributed by atoms with Gasteiger partial charge in [0.1, 0.15) is 17.8 Å². The molecule has 0 spiro atoms. The number of halogens is 1. The Morgan fingerprint density at radius 2 is 1.39 bits per heavy atom. The topological polar surface area (TPSA) is 117 Å². The molecule has 1 aliphatic heterocycles. The van der Waals surface area contributed by atoms with Crippen molar-refractivity contribution >= 4 is 10.1 Å². The van der Waals surface area contributed by atoms with E-state index in [0.29, 0.717) is 0 Å². The van der Waals surface area contributed by atoms with Crippen LogP contribution in [0.1, 0.15) is 28.5 Å². The smallest absolute Gasteiger partial charge is 0.330 e. The monoisotopic (exact) mass is 580 g/mol. The molecule has 0 saturated carbocycles. The van der Waals surface area contributed by atoms with Gasteiger partial charge in [0.05, 0.1) is 12.9 Å². The molecule has 3 aromatic carbocycles. The molecule has 0 amide bonds. The highest BCUT2D eigenvalue weighted by Gasteiger charge is 2.50. The van der Waals surface area contributed by atoms with E-state index < -0.39 is 51.6 Å². The van der Waals surface area contributed by atoms with E-state index in [-0.39, 0.29) is 12.2 Å². The van der Waals surface area contributed by atoms with E-state index in [1.165, 1.54) is 13.1 Å². The van der Waals surface area contributed by atoms with Crippen molar-refractivity contribution in [1.82, 2.24) is 9.55 Å². The Morgan fingerprint density at radius 1 is 0.902 bits per heavy atom. The van der Waals surface area contributed by atoms with Gasteiger partial charge in [-0.05, 0) is 23.6 Å². The second kappa shape index (κ2) is 11.5. The van der Waals surface area contributed by atoms with Crippen LogP contribution in [-0.4, -0.2) is 49.2 Å². The fourth-order valence-corrected chi connectivity index (χ4v) is 5.75. The van der Waals surface area contributed by atoms with Crippen LogP contribution < -0.4 is 11.2 Å². The largest absolute Gasteiger partial charge is 0.358 e. The van der Waals surface area contributed by atoms with Crippen LogP contribution in [0.4, 0.5) is 4.39 Å². The van der Waals surface area contributed by atoms with E-state index in [4.69, 9.17) is 13.7 Å². The number of nitrogens with zero attached hydrogens (tertiary/aromatic N) is 1. The fourth-order valence-electron chi connectivity index (χ4n) is 5.12. The van der Waals surface area contributed by atoms with Gasteiger partial charge < -0.3 is 9.47 Å². The van der Waals surface area contributed by atoms with E-state index in [9.17, 15) is 18.0 Å². The molecule has 1 aliphatic rings. The van der Waals surface area contributed by atoms with Gasteiger partial charge in [0.15, 0.2) is 12.4 Å². The third-order valence-electron chi connectivity index (χ3n) is 6.98. The summed E-state index contributed by atoms with van der Waals surface area (Å²) in [4.78, 5) is 26.6. The van der Waals surface area contributed by atoms with Crippen molar-refractivity contribution in [2.45, 2.75) is 37.1 Å². The molecule has 2 heterocycles. The molecule has 0 aliphatic carbocycles. The van der Waals surface area contributed by atoms with Gasteiger partial charge in [0, 0.05) is 11.8 Å². The second-order valence-corrected chi connectivity index (χ2v) is 11.4. The molecule has 4 aromatic rings. The predicted molar refractivity (Wildman–Crippen MR) is 150 cm³/mol. The highest BCUT2D eigenvalue weighted by Crippen LogP contribution is 2.42. The molecule has 41 heavy (non-hydrogen) atoms. The molecular weight excluding hydrogens is 551 g/mol. The van der Waals surface area contributed by atoms with Gasteiger partial charge in [-0.25, -0.2) is 9.18 Å². The first-order valence-corrected chi connectivity index (χ1v) is 14.7. The summed E-state index contributed by atoms with van der Waals surface area (Å²) in [5.74, 6) is 0. The average Bonchev–Trinajstić information content (AvgIpc) is 3.26. The van der Waals surface area contributed by atoms with Crippen LogP contribution in [0.5, 0.6) is 0 Å². The number of aromatic amines is 1. The van der Waals surface area contributed by atoms with Gasteiger partial charge >= 0.3 is 5.69 Å². The Labute approximate surface area is 236 Å². The number of aryl methyl sites for hydroxylation is 1.